The predicted molar refractivity (Wildman–Crippen MR) is 78.4 cm³/mol. The fourth-order valence-electron chi connectivity index (χ4n) is 1.81. The van der Waals surface area contributed by atoms with E-state index in [0.717, 1.165) is 16.2 Å². The molecule has 2 aromatic rings. The maximum absolute atomic E-state index is 12.3. The van der Waals surface area contributed by atoms with E-state index in [1.165, 1.54) is 0 Å². The Labute approximate surface area is 129 Å². The lowest BCUT2D eigenvalue weighted by atomic mass is 10.1. The third-order valence-electron chi connectivity index (χ3n) is 2.81. The van der Waals surface area contributed by atoms with Crippen molar-refractivity contribution in [3.63, 3.8) is 0 Å². The normalized spacial score (nSPS) is 13.0. The van der Waals surface area contributed by atoms with Crippen molar-refractivity contribution in [2.24, 2.45) is 0 Å². The molecule has 7 nitrogen and oxygen atoms in total. The number of sulfonamides is 1. The van der Waals surface area contributed by atoms with Crippen LogP contribution in [-0.2, 0) is 10.0 Å². The van der Waals surface area contributed by atoms with Crippen molar-refractivity contribution >= 4 is 31.9 Å². The highest BCUT2D eigenvalue weighted by Crippen LogP contribution is 2.24. The van der Waals surface area contributed by atoms with Crippen LogP contribution in [0.5, 0.6) is 0 Å². The molecule has 0 fully saturated rings. The summed E-state index contributed by atoms with van der Waals surface area (Å²) in [6, 6.07) is 6.60. The predicted octanol–water partition coefficient (Wildman–Crippen LogP) is 1.91. The molecule has 112 valence electrons. The van der Waals surface area contributed by atoms with Gasteiger partial charge in [-0.15, -0.1) is 0 Å². The summed E-state index contributed by atoms with van der Waals surface area (Å²) in [7, 11) is -4.03. The first-order valence-electron chi connectivity index (χ1n) is 5.86. The Morgan fingerprint density at radius 3 is 2.71 bits per heavy atom. The summed E-state index contributed by atoms with van der Waals surface area (Å²) in [5, 5.41) is 14.2. The molecule has 0 spiro atoms. The molecular formula is C12H12BrN3O4S. The van der Waals surface area contributed by atoms with E-state index in [4.69, 9.17) is 5.11 Å². The molecule has 1 atom stereocenters. The van der Waals surface area contributed by atoms with E-state index in [1.807, 2.05) is 6.07 Å². The molecule has 0 radical (unpaired) electrons. The van der Waals surface area contributed by atoms with Gasteiger partial charge in [0.2, 0.25) is 0 Å². The van der Waals surface area contributed by atoms with Crippen LogP contribution in [0.4, 0.5) is 0 Å². The van der Waals surface area contributed by atoms with Gasteiger partial charge in [-0.05, 0) is 18.6 Å². The molecule has 0 unspecified atom stereocenters. The van der Waals surface area contributed by atoms with Crippen molar-refractivity contribution in [3.8, 4) is 0 Å². The van der Waals surface area contributed by atoms with Crippen LogP contribution >= 0.6 is 15.9 Å². The van der Waals surface area contributed by atoms with Crippen LogP contribution in [-0.4, -0.2) is 29.7 Å². The lowest BCUT2D eigenvalue weighted by Crippen LogP contribution is -2.28. The van der Waals surface area contributed by atoms with Crippen molar-refractivity contribution in [1.29, 1.82) is 0 Å². The number of aromatic nitrogens is 2. The van der Waals surface area contributed by atoms with Gasteiger partial charge in [-0.2, -0.15) is 5.10 Å². The van der Waals surface area contributed by atoms with Gasteiger partial charge >= 0.3 is 5.97 Å². The Morgan fingerprint density at radius 1 is 1.43 bits per heavy atom. The molecule has 0 saturated heterocycles. The van der Waals surface area contributed by atoms with E-state index >= 15 is 0 Å². The summed E-state index contributed by atoms with van der Waals surface area (Å²) >= 11 is 3.34. The first-order valence-corrected chi connectivity index (χ1v) is 8.14. The molecule has 0 bridgehead atoms. The SMILES string of the molecule is C[C@H](NS(=O)(=O)c1[nH]ncc1C(=O)O)c1ccccc1Br. The maximum atomic E-state index is 12.3. The maximum Gasteiger partial charge on any atom is 0.340 e. The molecule has 9 heteroatoms. The Balaban J connectivity index is 2.32. The number of hydrogen-bond donors (Lipinski definition) is 3. The molecule has 1 heterocycles. The Hall–Kier alpha value is -1.71. The number of carboxylic acids is 1. The van der Waals surface area contributed by atoms with Crippen LogP contribution in [0.25, 0.3) is 0 Å². The highest BCUT2D eigenvalue weighted by molar-refractivity contribution is 9.10. The number of carboxylic acid groups (broad SMARTS) is 1. The zero-order valence-corrected chi connectivity index (χ0v) is 13.3. The first kappa shape index (κ1) is 15.7. The summed E-state index contributed by atoms with van der Waals surface area (Å²) in [5.41, 5.74) is 0.333. The number of carbonyl (C=O) groups is 1. The number of hydrogen-bond acceptors (Lipinski definition) is 4. The van der Waals surface area contributed by atoms with Crippen LogP contribution in [0, 0.1) is 0 Å². The molecule has 0 aliphatic rings. The van der Waals surface area contributed by atoms with Gasteiger partial charge in [0.15, 0.2) is 5.03 Å². The van der Waals surface area contributed by atoms with E-state index in [-0.39, 0.29) is 0 Å². The van der Waals surface area contributed by atoms with Gasteiger partial charge in [0.05, 0.1) is 6.20 Å². The van der Waals surface area contributed by atoms with Gasteiger partial charge in [0.25, 0.3) is 10.0 Å². The highest BCUT2D eigenvalue weighted by atomic mass is 79.9. The van der Waals surface area contributed by atoms with Crippen molar-refractivity contribution < 1.29 is 18.3 Å². The number of rotatable bonds is 5. The molecule has 2 rings (SSSR count). The zero-order chi connectivity index (χ0) is 15.6. The molecule has 21 heavy (non-hydrogen) atoms. The van der Waals surface area contributed by atoms with Crippen molar-refractivity contribution in [2.45, 2.75) is 18.0 Å². The van der Waals surface area contributed by atoms with E-state index in [1.54, 1.807) is 25.1 Å². The largest absolute Gasteiger partial charge is 0.478 e. The zero-order valence-electron chi connectivity index (χ0n) is 10.9. The van der Waals surface area contributed by atoms with Crippen molar-refractivity contribution in [2.75, 3.05) is 0 Å². The number of halogens is 1. The fraction of sp³-hybridized carbons (Fsp3) is 0.167. The van der Waals surface area contributed by atoms with Crippen LogP contribution in [0.3, 0.4) is 0 Å². The smallest absolute Gasteiger partial charge is 0.340 e. The standard InChI is InChI=1S/C12H12BrN3O4S/c1-7(8-4-2-3-5-10(8)13)16-21(19,20)11-9(12(17)18)6-14-15-11/h2-7,16H,1H3,(H,14,15)(H,17,18)/t7-/m0/s1. The van der Waals surface area contributed by atoms with Gasteiger partial charge < -0.3 is 5.11 Å². The van der Waals surface area contributed by atoms with Gasteiger partial charge in [-0.3, -0.25) is 5.10 Å². The van der Waals surface area contributed by atoms with Crippen LogP contribution < -0.4 is 4.72 Å². The number of aromatic amines is 1. The molecule has 3 N–H and O–H groups in total. The molecular weight excluding hydrogens is 362 g/mol. The van der Waals surface area contributed by atoms with E-state index in [2.05, 4.69) is 30.8 Å². The lowest BCUT2D eigenvalue weighted by Gasteiger charge is -2.15. The summed E-state index contributed by atoms with van der Waals surface area (Å²) < 4.78 is 27.7. The van der Waals surface area contributed by atoms with E-state index in [0.29, 0.717) is 0 Å². The van der Waals surface area contributed by atoms with Gasteiger partial charge in [0, 0.05) is 10.5 Å². The highest BCUT2D eigenvalue weighted by Gasteiger charge is 2.27. The van der Waals surface area contributed by atoms with Crippen LogP contribution in [0.15, 0.2) is 40.0 Å². The second kappa shape index (κ2) is 5.96. The Bertz CT molecular complexity index is 772. The van der Waals surface area contributed by atoms with E-state index < -0.39 is 32.6 Å². The number of aromatic carboxylic acids is 1. The minimum atomic E-state index is -4.03. The Kier molecular flexibility index (Phi) is 4.45. The minimum absolute atomic E-state index is 0.401. The van der Waals surface area contributed by atoms with Gasteiger partial charge in [-0.1, -0.05) is 34.1 Å². The summed E-state index contributed by atoms with van der Waals surface area (Å²) in [6.45, 7) is 1.66. The second-order valence-corrected chi connectivity index (χ2v) is 6.79. The first-order chi connectivity index (χ1) is 9.83. The molecule has 0 aliphatic carbocycles. The Morgan fingerprint density at radius 2 is 2.10 bits per heavy atom. The molecule has 0 aliphatic heterocycles. The molecule has 0 saturated carbocycles. The quantitative estimate of drug-likeness (QED) is 0.740. The summed E-state index contributed by atoms with van der Waals surface area (Å²) in [4.78, 5) is 11.0. The number of benzene rings is 1. The minimum Gasteiger partial charge on any atom is -0.478 e. The summed E-state index contributed by atoms with van der Waals surface area (Å²) in [6.07, 6.45) is 0.958. The van der Waals surface area contributed by atoms with Crippen LogP contribution in [0.2, 0.25) is 0 Å². The third kappa shape index (κ3) is 3.31. The van der Waals surface area contributed by atoms with Crippen molar-refractivity contribution in [1.82, 2.24) is 14.9 Å². The number of nitrogens with one attached hydrogen (secondary N) is 2. The lowest BCUT2D eigenvalue weighted by molar-refractivity contribution is 0.0692. The monoisotopic (exact) mass is 373 g/mol. The third-order valence-corrected chi connectivity index (χ3v) is 5.04. The topological polar surface area (TPSA) is 112 Å². The number of H-pyrrole nitrogens is 1. The average Bonchev–Trinajstić information content (AvgIpc) is 2.88. The second-order valence-electron chi connectivity index (χ2n) is 4.28. The fourth-order valence-corrected chi connectivity index (χ4v) is 3.75. The molecule has 0 amide bonds. The van der Waals surface area contributed by atoms with Crippen molar-refractivity contribution in [3.05, 3.63) is 46.1 Å². The average molecular weight is 374 g/mol. The van der Waals surface area contributed by atoms with Gasteiger partial charge in [0.1, 0.15) is 5.56 Å². The van der Waals surface area contributed by atoms with E-state index in [9.17, 15) is 13.2 Å². The number of nitrogens with zero attached hydrogens (tertiary/aromatic N) is 1. The molecule has 1 aromatic carbocycles. The van der Waals surface area contributed by atoms with Gasteiger partial charge in [-0.25, -0.2) is 17.9 Å². The summed E-state index contributed by atoms with van der Waals surface area (Å²) in [5.74, 6) is -1.36. The molecule has 1 aromatic heterocycles. The van der Waals surface area contributed by atoms with Crippen LogP contribution in [0.1, 0.15) is 28.9 Å².